The van der Waals surface area contributed by atoms with Crippen molar-refractivity contribution in [3.63, 3.8) is 0 Å². The molecule has 0 saturated carbocycles. The second-order valence-corrected chi connectivity index (χ2v) is 5.34. The molecule has 8 nitrogen and oxygen atoms in total. The molecule has 0 unspecified atom stereocenters. The molecule has 25 heavy (non-hydrogen) atoms. The molecule has 1 aromatic carbocycles. The number of carbonyl (C=O) groups excluding carboxylic acids is 2. The minimum absolute atomic E-state index is 0.280. The van der Waals surface area contributed by atoms with E-state index in [4.69, 9.17) is 14.0 Å². The van der Waals surface area contributed by atoms with Crippen LogP contribution in [0.1, 0.15) is 17.7 Å². The lowest BCUT2D eigenvalue weighted by Crippen LogP contribution is -2.29. The molecular weight excluding hydrogens is 326 g/mol. The number of methoxy groups -OCH3 is 2. The number of amides is 2. The maximum absolute atomic E-state index is 11.8. The topological polar surface area (TPSA) is 103 Å². The second kappa shape index (κ2) is 8.72. The maximum atomic E-state index is 11.8. The summed E-state index contributed by atoms with van der Waals surface area (Å²) in [5.41, 5.74) is 0.987. The van der Waals surface area contributed by atoms with Crippen LogP contribution in [0.2, 0.25) is 0 Å². The van der Waals surface area contributed by atoms with Crippen LogP contribution < -0.4 is 20.1 Å². The number of carbonyl (C=O) groups is 2. The van der Waals surface area contributed by atoms with E-state index >= 15 is 0 Å². The zero-order chi connectivity index (χ0) is 18.2. The van der Waals surface area contributed by atoms with Crippen molar-refractivity contribution >= 4 is 17.6 Å². The zero-order valence-corrected chi connectivity index (χ0v) is 14.4. The number of aryl methyl sites for hydroxylation is 1. The lowest BCUT2D eigenvalue weighted by Gasteiger charge is -2.10. The van der Waals surface area contributed by atoms with E-state index in [1.54, 1.807) is 27.2 Å². The molecule has 2 rings (SSSR count). The van der Waals surface area contributed by atoms with E-state index < -0.39 is 5.91 Å². The second-order valence-electron chi connectivity index (χ2n) is 5.34. The van der Waals surface area contributed by atoms with Gasteiger partial charge < -0.3 is 24.6 Å². The number of nitrogens with zero attached hydrogens (tertiary/aromatic N) is 1. The van der Waals surface area contributed by atoms with Gasteiger partial charge in [0.05, 0.1) is 14.2 Å². The van der Waals surface area contributed by atoms with Crippen LogP contribution in [-0.2, 0) is 16.0 Å². The van der Waals surface area contributed by atoms with Crippen molar-refractivity contribution < 1.29 is 23.6 Å². The van der Waals surface area contributed by atoms with Crippen molar-refractivity contribution in [1.29, 1.82) is 0 Å². The minimum Gasteiger partial charge on any atom is -0.493 e. The molecule has 0 fully saturated rings. The summed E-state index contributed by atoms with van der Waals surface area (Å²) in [5, 5.41) is 8.83. The van der Waals surface area contributed by atoms with Crippen LogP contribution in [0, 0.1) is 6.92 Å². The van der Waals surface area contributed by atoms with Gasteiger partial charge in [-0.1, -0.05) is 11.2 Å². The number of ether oxygens (including phenoxy) is 2. The maximum Gasteiger partial charge on any atom is 0.235 e. The highest BCUT2D eigenvalue weighted by molar-refractivity contribution is 6.03. The summed E-state index contributed by atoms with van der Waals surface area (Å²) in [4.78, 5) is 23.5. The molecule has 0 spiro atoms. The van der Waals surface area contributed by atoms with Gasteiger partial charge in [-0.05, 0) is 31.0 Å². The Morgan fingerprint density at radius 1 is 1.12 bits per heavy atom. The standard InChI is InChI=1S/C17H21N3O5/c1-11-8-15(20-25-11)19-17(22)10-16(21)18-7-6-12-4-5-13(23-2)14(9-12)24-3/h4-5,8-9H,6-7,10H2,1-3H3,(H,18,21)(H,19,20,22). The number of benzene rings is 1. The van der Waals surface area contributed by atoms with E-state index in [-0.39, 0.29) is 12.3 Å². The van der Waals surface area contributed by atoms with Crippen molar-refractivity contribution in [2.45, 2.75) is 19.8 Å². The molecule has 2 N–H and O–H groups in total. The van der Waals surface area contributed by atoms with Crippen LogP contribution in [0.4, 0.5) is 5.82 Å². The van der Waals surface area contributed by atoms with Crippen LogP contribution in [0.15, 0.2) is 28.8 Å². The lowest BCUT2D eigenvalue weighted by atomic mass is 10.1. The highest BCUT2D eigenvalue weighted by Crippen LogP contribution is 2.27. The summed E-state index contributed by atoms with van der Waals surface area (Å²) in [6.07, 6.45) is 0.327. The Bertz CT molecular complexity index is 742. The van der Waals surface area contributed by atoms with E-state index in [2.05, 4.69) is 15.8 Å². The van der Waals surface area contributed by atoms with E-state index in [0.717, 1.165) is 5.56 Å². The molecule has 134 valence electrons. The summed E-state index contributed by atoms with van der Waals surface area (Å²) in [6.45, 7) is 2.12. The predicted molar refractivity (Wildman–Crippen MR) is 90.7 cm³/mol. The smallest absolute Gasteiger partial charge is 0.235 e. The van der Waals surface area contributed by atoms with Gasteiger partial charge in [0, 0.05) is 12.6 Å². The first kappa shape index (κ1) is 18.3. The fourth-order valence-electron chi connectivity index (χ4n) is 2.20. The van der Waals surface area contributed by atoms with Gasteiger partial charge in [0.15, 0.2) is 17.3 Å². The van der Waals surface area contributed by atoms with Crippen molar-refractivity contribution in [1.82, 2.24) is 10.5 Å². The van der Waals surface area contributed by atoms with E-state index in [9.17, 15) is 9.59 Å². The van der Waals surface area contributed by atoms with Gasteiger partial charge >= 0.3 is 0 Å². The number of hydrogen-bond donors (Lipinski definition) is 2. The highest BCUT2D eigenvalue weighted by Gasteiger charge is 2.11. The third-order valence-corrected chi connectivity index (χ3v) is 3.40. The molecule has 0 saturated heterocycles. The zero-order valence-electron chi connectivity index (χ0n) is 14.4. The normalized spacial score (nSPS) is 10.2. The van der Waals surface area contributed by atoms with Gasteiger partial charge in [0.1, 0.15) is 12.2 Å². The number of hydrogen-bond acceptors (Lipinski definition) is 6. The monoisotopic (exact) mass is 347 g/mol. The van der Waals surface area contributed by atoms with Crippen LogP contribution in [0.5, 0.6) is 11.5 Å². The number of nitrogens with one attached hydrogen (secondary N) is 2. The summed E-state index contributed by atoms with van der Waals surface area (Å²) in [7, 11) is 3.14. The quantitative estimate of drug-likeness (QED) is 0.705. The first-order chi connectivity index (χ1) is 12.0. The van der Waals surface area contributed by atoms with Crippen LogP contribution in [0.25, 0.3) is 0 Å². The number of rotatable bonds is 8. The predicted octanol–water partition coefficient (Wildman–Crippen LogP) is 1.69. The summed E-state index contributed by atoms with van der Waals surface area (Å²) >= 11 is 0. The Balaban J connectivity index is 1.75. The Morgan fingerprint density at radius 2 is 1.88 bits per heavy atom. The third-order valence-electron chi connectivity index (χ3n) is 3.40. The third kappa shape index (κ3) is 5.52. The largest absolute Gasteiger partial charge is 0.493 e. The van der Waals surface area contributed by atoms with Crippen molar-refractivity contribution in [2.75, 3.05) is 26.1 Å². The lowest BCUT2D eigenvalue weighted by molar-refractivity contribution is -0.126. The van der Waals surface area contributed by atoms with Gasteiger partial charge in [0.2, 0.25) is 11.8 Å². The fourth-order valence-corrected chi connectivity index (χ4v) is 2.20. The highest BCUT2D eigenvalue weighted by atomic mass is 16.5. The van der Waals surface area contributed by atoms with Crippen LogP contribution in [0.3, 0.4) is 0 Å². The van der Waals surface area contributed by atoms with Crippen molar-refractivity contribution in [2.24, 2.45) is 0 Å². The molecule has 2 amide bonds. The summed E-state index contributed by atoms with van der Waals surface area (Å²) < 4.78 is 15.2. The van der Waals surface area contributed by atoms with Crippen molar-refractivity contribution in [3.05, 3.63) is 35.6 Å². The van der Waals surface area contributed by atoms with E-state index in [0.29, 0.717) is 36.0 Å². The SMILES string of the molecule is COc1ccc(CCNC(=O)CC(=O)Nc2cc(C)on2)cc1OC. The number of anilines is 1. The Morgan fingerprint density at radius 3 is 2.52 bits per heavy atom. The Kier molecular flexibility index (Phi) is 6.39. The molecule has 0 aliphatic heterocycles. The van der Waals surface area contributed by atoms with E-state index in [1.165, 1.54) is 0 Å². The molecule has 0 aliphatic rings. The minimum atomic E-state index is -0.447. The molecular formula is C17H21N3O5. The average molecular weight is 347 g/mol. The Hall–Kier alpha value is -3.03. The van der Waals surface area contributed by atoms with Gasteiger partial charge in [-0.25, -0.2) is 0 Å². The molecule has 0 bridgehead atoms. The average Bonchev–Trinajstić information content (AvgIpc) is 2.99. The molecule has 0 radical (unpaired) electrons. The van der Waals surface area contributed by atoms with Gasteiger partial charge in [-0.2, -0.15) is 0 Å². The summed E-state index contributed by atoms with van der Waals surface area (Å²) in [6, 6.07) is 7.13. The first-order valence-electron chi connectivity index (χ1n) is 7.72. The molecule has 8 heteroatoms. The van der Waals surface area contributed by atoms with Crippen molar-refractivity contribution in [3.8, 4) is 11.5 Å². The van der Waals surface area contributed by atoms with Gasteiger partial charge in [-0.15, -0.1) is 0 Å². The van der Waals surface area contributed by atoms with E-state index in [1.807, 2.05) is 18.2 Å². The van der Waals surface area contributed by atoms with Crippen LogP contribution >= 0.6 is 0 Å². The molecule has 2 aromatic rings. The Labute approximate surface area is 145 Å². The fraction of sp³-hybridized carbons (Fsp3) is 0.353. The molecule has 0 aliphatic carbocycles. The van der Waals surface area contributed by atoms with Crippen LogP contribution in [-0.4, -0.2) is 37.7 Å². The molecule has 0 atom stereocenters. The molecule has 1 heterocycles. The van der Waals surface area contributed by atoms with Gasteiger partial charge in [0.25, 0.3) is 0 Å². The summed E-state index contributed by atoms with van der Waals surface area (Å²) in [5.74, 6) is 1.34. The molecule has 1 aromatic heterocycles. The first-order valence-corrected chi connectivity index (χ1v) is 7.72. The van der Waals surface area contributed by atoms with Gasteiger partial charge in [-0.3, -0.25) is 9.59 Å². The number of aromatic nitrogens is 1.